The molecule has 0 heterocycles. The Morgan fingerprint density at radius 3 is 2.24 bits per heavy atom. The van der Waals surface area contributed by atoms with Crippen LogP contribution in [0, 0.1) is 22.7 Å². The Labute approximate surface area is 126 Å². The maximum atomic E-state index is 11.8. The number of nitrogens with one attached hydrogen (secondary N) is 2. The number of hydrogen-bond donors (Lipinski definition) is 3. The second-order valence-electron chi connectivity index (χ2n) is 7.72. The molecule has 0 saturated heterocycles. The normalized spacial score (nSPS) is 34.0. The summed E-state index contributed by atoms with van der Waals surface area (Å²) < 4.78 is 0. The maximum Gasteiger partial charge on any atom is 0.314 e. The summed E-state index contributed by atoms with van der Waals surface area (Å²) in [5.41, 5.74) is -0.433. The Hall–Kier alpha value is -1.26. The van der Waals surface area contributed by atoms with Crippen molar-refractivity contribution < 1.29 is 14.7 Å². The van der Waals surface area contributed by atoms with Crippen LogP contribution >= 0.6 is 0 Å². The Morgan fingerprint density at radius 1 is 1.19 bits per heavy atom. The summed E-state index contributed by atoms with van der Waals surface area (Å²) in [6, 6.07) is -0.239. The monoisotopic (exact) mass is 296 g/mol. The molecule has 0 spiro atoms. The van der Waals surface area contributed by atoms with E-state index in [-0.39, 0.29) is 12.6 Å². The molecule has 0 aliphatic heterocycles. The van der Waals surface area contributed by atoms with Gasteiger partial charge >= 0.3 is 12.0 Å². The highest BCUT2D eigenvalue weighted by atomic mass is 16.4. The maximum absolute atomic E-state index is 11.8. The van der Waals surface area contributed by atoms with E-state index in [0.29, 0.717) is 36.6 Å². The molecule has 0 aromatic heterocycles. The summed E-state index contributed by atoms with van der Waals surface area (Å²) in [7, 11) is 0. The summed E-state index contributed by atoms with van der Waals surface area (Å²) in [5, 5.41) is 15.1. The first-order chi connectivity index (χ1) is 9.75. The van der Waals surface area contributed by atoms with Crippen molar-refractivity contribution in [2.45, 2.75) is 52.9 Å². The van der Waals surface area contributed by atoms with E-state index in [2.05, 4.69) is 31.4 Å². The zero-order valence-electron chi connectivity index (χ0n) is 13.4. The van der Waals surface area contributed by atoms with Gasteiger partial charge in [0.25, 0.3) is 0 Å². The van der Waals surface area contributed by atoms with Crippen molar-refractivity contribution >= 4 is 12.0 Å². The van der Waals surface area contributed by atoms with Crippen LogP contribution in [0.5, 0.6) is 0 Å². The number of rotatable bonds is 5. The number of carboxylic acids is 1. The average Bonchev–Trinajstić information content (AvgIpc) is 3.03. The highest BCUT2D eigenvalue weighted by Gasteiger charge is 2.45. The third kappa shape index (κ3) is 3.89. The molecule has 0 bridgehead atoms. The van der Waals surface area contributed by atoms with Crippen LogP contribution in [0.15, 0.2) is 0 Å². The van der Waals surface area contributed by atoms with E-state index < -0.39 is 11.4 Å². The van der Waals surface area contributed by atoms with Gasteiger partial charge < -0.3 is 15.7 Å². The number of amides is 2. The van der Waals surface area contributed by atoms with Crippen LogP contribution in [-0.4, -0.2) is 30.2 Å². The third-order valence-corrected chi connectivity index (χ3v) is 5.50. The number of hydrogen-bond acceptors (Lipinski definition) is 2. The number of carboxylic acid groups (broad SMARTS) is 1. The number of carbonyl (C=O) groups excluding carboxylic acids is 1. The zero-order valence-corrected chi connectivity index (χ0v) is 13.4. The minimum absolute atomic E-state index is 0.231. The van der Waals surface area contributed by atoms with Gasteiger partial charge in [0.15, 0.2) is 0 Å². The number of aliphatic carboxylic acids is 1. The van der Waals surface area contributed by atoms with Gasteiger partial charge in [-0.3, -0.25) is 4.79 Å². The topological polar surface area (TPSA) is 78.4 Å². The quantitative estimate of drug-likeness (QED) is 0.729. The fourth-order valence-electron chi connectivity index (χ4n) is 3.23. The first kappa shape index (κ1) is 16.1. The van der Waals surface area contributed by atoms with E-state index in [1.165, 1.54) is 0 Å². The molecule has 5 nitrogen and oxygen atoms in total. The van der Waals surface area contributed by atoms with Crippen molar-refractivity contribution in [3.05, 3.63) is 0 Å². The van der Waals surface area contributed by atoms with Gasteiger partial charge in [-0.1, -0.05) is 20.8 Å². The minimum atomic E-state index is -0.780. The van der Waals surface area contributed by atoms with Crippen molar-refractivity contribution in [1.29, 1.82) is 0 Å². The molecular weight excluding hydrogens is 268 g/mol. The lowest BCUT2D eigenvalue weighted by molar-refractivity contribution is -0.151. The Bertz CT molecular complexity index is 412. The average molecular weight is 296 g/mol. The molecule has 2 saturated carbocycles. The van der Waals surface area contributed by atoms with Gasteiger partial charge in [-0.25, -0.2) is 4.79 Å². The molecule has 0 radical (unpaired) electrons. The Morgan fingerprint density at radius 2 is 1.76 bits per heavy atom. The summed E-state index contributed by atoms with van der Waals surface area (Å²) >= 11 is 0. The molecule has 1 unspecified atom stereocenters. The summed E-state index contributed by atoms with van der Waals surface area (Å²) in [5.74, 6) is 0.355. The van der Waals surface area contributed by atoms with Crippen LogP contribution in [0.3, 0.4) is 0 Å². The van der Waals surface area contributed by atoms with Crippen molar-refractivity contribution in [1.82, 2.24) is 10.6 Å². The molecule has 2 amide bonds. The second kappa shape index (κ2) is 5.85. The van der Waals surface area contributed by atoms with Crippen LogP contribution in [0.4, 0.5) is 4.79 Å². The summed E-state index contributed by atoms with van der Waals surface area (Å²) in [6.45, 7) is 7.45. The smallest absolute Gasteiger partial charge is 0.314 e. The molecule has 3 N–H and O–H groups in total. The highest BCUT2D eigenvalue weighted by Crippen LogP contribution is 2.50. The first-order valence-corrected chi connectivity index (χ1v) is 8.00. The Kier molecular flexibility index (Phi) is 4.49. The van der Waals surface area contributed by atoms with E-state index in [9.17, 15) is 14.7 Å². The molecule has 0 aromatic carbocycles. The van der Waals surface area contributed by atoms with E-state index in [1.54, 1.807) is 0 Å². The van der Waals surface area contributed by atoms with E-state index in [4.69, 9.17) is 0 Å². The largest absolute Gasteiger partial charge is 0.481 e. The molecular formula is C16H28N2O3. The molecule has 1 atom stereocenters. The van der Waals surface area contributed by atoms with Gasteiger partial charge in [0.2, 0.25) is 0 Å². The minimum Gasteiger partial charge on any atom is -0.481 e. The van der Waals surface area contributed by atoms with Crippen molar-refractivity contribution in [3.8, 4) is 0 Å². The van der Waals surface area contributed by atoms with Gasteiger partial charge in [-0.15, -0.1) is 0 Å². The molecule has 5 heteroatoms. The van der Waals surface area contributed by atoms with Gasteiger partial charge in [0, 0.05) is 13.1 Å². The fraction of sp³-hybridized carbons (Fsp3) is 0.875. The van der Waals surface area contributed by atoms with Crippen LogP contribution in [0.25, 0.3) is 0 Å². The van der Waals surface area contributed by atoms with Crippen LogP contribution in [-0.2, 0) is 4.79 Å². The standard InChI is InChI=1S/C16H28N2O3/c1-11-4-6-16(7-5-11,13(19)20)10-18-14(21)17-9-12-8-15(12,2)3/h11-12H,4-10H2,1-3H3,(H,19,20)(H2,17,18,21). The van der Waals surface area contributed by atoms with E-state index in [1.807, 2.05) is 0 Å². The lowest BCUT2D eigenvalue weighted by Gasteiger charge is -2.35. The van der Waals surface area contributed by atoms with Crippen molar-refractivity contribution in [2.24, 2.45) is 22.7 Å². The van der Waals surface area contributed by atoms with Gasteiger partial charge in [0.1, 0.15) is 0 Å². The number of urea groups is 1. The molecule has 2 aliphatic carbocycles. The second-order valence-corrected chi connectivity index (χ2v) is 7.72. The number of carbonyl (C=O) groups is 2. The van der Waals surface area contributed by atoms with Crippen molar-refractivity contribution in [2.75, 3.05) is 13.1 Å². The third-order valence-electron chi connectivity index (χ3n) is 5.50. The SMILES string of the molecule is CC1CCC(CNC(=O)NCC2CC2(C)C)(C(=O)O)CC1. The van der Waals surface area contributed by atoms with E-state index >= 15 is 0 Å². The molecule has 120 valence electrons. The zero-order chi connectivity index (χ0) is 15.7. The molecule has 2 rings (SSSR count). The van der Waals surface area contributed by atoms with Crippen LogP contribution in [0.1, 0.15) is 52.9 Å². The lowest BCUT2D eigenvalue weighted by Crippen LogP contribution is -2.48. The summed E-state index contributed by atoms with van der Waals surface area (Å²) in [6.07, 6.45) is 4.29. The fourth-order valence-corrected chi connectivity index (χ4v) is 3.23. The predicted molar refractivity (Wildman–Crippen MR) is 81.0 cm³/mol. The van der Waals surface area contributed by atoms with Gasteiger partial charge in [-0.05, 0) is 49.4 Å². The molecule has 2 aliphatic rings. The molecule has 21 heavy (non-hydrogen) atoms. The lowest BCUT2D eigenvalue weighted by atomic mass is 9.71. The first-order valence-electron chi connectivity index (χ1n) is 8.00. The van der Waals surface area contributed by atoms with E-state index in [0.717, 1.165) is 19.3 Å². The predicted octanol–water partition coefficient (Wildman–Crippen LogP) is 2.61. The Balaban J connectivity index is 1.76. The molecule has 0 aromatic rings. The molecule has 2 fully saturated rings. The van der Waals surface area contributed by atoms with Gasteiger partial charge in [-0.2, -0.15) is 0 Å². The van der Waals surface area contributed by atoms with Crippen molar-refractivity contribution in [3.63, 3.8) is 0 Å². The van der Waals surface area contributed by atoms with Crippen LogP contribution in [0.2, 0.25) is 0 Å². The van der Waals surface area contributed by atoms with Crippen LogP contribution < -0.4 is 10.6 Å². The highest BCUT2D eigenvalue weighted by molar-refractivity contribution is 5.78. The van der Waals surface area contributed by atoms with Gasteiger partial charge in [0.05, 0.1) is 5.41 Å². The summed E-state index contributed by atoms with van der Waals surface area (Å²) in [4.78, 5) is 23.4.